The Labute approximate surface area is 189 Å². The molecule has 1 N–H and O–H groups in total. The zero-order valence-corrected chi connectivity index (χ0v) is 19.0. The highest BCUT2D eigenvalue weighted by Gasteiger charge is 2.18. The van der Waals surface area contributed by atoms with E-state index in [1.165, 1.54) is 0 Å². The van der Waals surface area contributed by atoms with E-state index in [0.29, 0.717) is 24.5 Å². The van der Waals surface area contributed by atoms with Crippen molar-refractivity contribution in [2.75, 3.05) is 25.2 Å². The highest BCUT2D eigenvalue weighted by atomic mass is 16.5. The van der Waals surface area contributed by atoms with E-state index in [-0.39, 0.29) is 6.42 Å². The van der Waals surface area contributed by atoms with Crippen LogP contribution in [0.5, 0.6) is 11.5 Å². The van der Waals surface area contributed by atoms with Crippen molar-refractivity contribution in [2.24, 2.45) is 0 Å². The fourth-order valence-corrected chi connectivity index (χ4v) is 3.61. The number of carboxylic acid groups (broad SMARTS) is 1. The van der Waals surface area contributed by atoms with E-state index >= 15 is 0 Å². The smallest absolute Gasteiger partial charge is 0.303 e. The molecule has 0 amide bonds. The number of methoxy groups -OCH3 is 1. The Morgan fingerprint density at radius 1 is 1.06 bits per heavy atom. The summed E-state index contributed by atoms with van der Waals surface area (Å²) in [6.45, 7) is 5.20. The topological polar surface area (TPSA) is 84.8 Å². The minimum absolute atomic E-state index is 0.0668. The van der Waals surface area contributed by atoms with Crippen molar-refractivity contribution in [1.29, 1.82) is 0 Å². The van der Waals surface area contributed by atoms with Gasteiger partial charge in [-0.25, -0.2) is 9.97 Å². The first kappa shape index (κ1) is 23.3. The summed E-state index contributed by atoms with van der Waals surface area (Å²) in [5.41, 5.74) is 1.85. The summed E-state index contributed by atoms with van der Waals surface area (Å²) in [5, 5.41) is 9.86. The number of benzene rings is 2. The van der Waals surface area contributed by atoms with Gasteiger partial charge in [0.05, 0.1) is 19.2 Å². The summed E-state index contributed by atoms with van der Waals surface area (Å²) >= 11 is 0. The lowest BCUT2D eigenvalue weighted by Crippen LogP contribution is -2.21. The monoisotopic (exact) mass is 437 g/mol. The molecule has 3 rings (SSSR count). The maximum atomic E-state index is 10.8. The minimum atomic E-state index is -0.831. The highest BCUT2D eigenvalue weighted by molar-refractivity contribution is 5.91. The number of fused-ring (bicyclic) bond motifs is 1. The SMILES string of the molecule is CCCCCN(c1ccc(OC)c(OCCCC(=O)O)c1)c1nc(C)nc2ccccc12. The minimum Gasteiger partial charge on any atom is -0.493 e. The molecular formula is C25H31N3O4. The van der Waals surface area contributed by atoms with Crippen molar-refractivity contribution < 1.29 is 19.4 Å². The van der Waals surface area contributed by atoms with Gasteiger partial charge in [-0.1, -0.05) is 31.9 Å². The largest absolute Gasteiger partial charge is 0.493 e. The number of aryl methyl sites for hydroxylation is 1. The zero-order valence-electron chi connectivity index (χ0n) is 19.0. The number of carbonyl (C=O) groups is 1. The van der Waals surface area contributed by atoms with Crippen LogP contribution in [0.4, 0.5) is 11.5 Å². The van der Waals surface area contributed by atoms with Crippen LogP contribution < -0.4 is 14.4 Å². The van der Waals surface area contributed by atoms with Gasteiger partial charge in [0.2, 0.25) is 0 Å². The Kier molecular flexibility index (Phi) is 8.25. The third-order valence-electron chi connectivity index (χ3n) is 5.19. The second-order valence-corrected chi connectivity index (χ2v) is 7.65. The van der Waals surface area contributed by atoms with Gasteiger partial charge in [0, 0.05) is 30.1 Å². The van der Waals surface area contributed by atoms with E-state index < -0.39 is 5.97 Å². The molecule has 0 aliphatic rings. The summed E-state index contributed by atoms with van der Waals surface area (Å²) in [5.74, 6) is 1.96. The van der Waals surface area contributed by atoms with E-state index in [1.807, 2.05) is 49.4 Å². The van der Waals surface area contributed by atoms with Crippen LogP contribution in [0.1, 0.15) is 44.9 Å². The second-order valence-electron chi connectivity index (χ2n) is 7.65. The van der Waals surface area contributed by atoms with Crippen molar-refractivity contribution in [1.82, 2.24) is 9.97 Å². The molecule has 0 saturated heterocycles. The molecule has 0 bridgehead atoms. The van der Waals surface area contributed by atoms with Gasteiger partial charge in [0.15, 0.2) is 11.5 Å². The molecule has 0 unspecified atom stereocenters. The number of hydrogen-bond acceptors (Lipinski definition) is 6. The van der Waals surface area contributed by atoms with Gasteiger partial charge in [-0.15, -0.1) is 0 Å². The number of carboxylic acids is 1. The number of aromatic nitrogens is 2. The van der Waals surface area contributed by atoms with Gasteiger partial charge < -0.3 is 19.5 Å². The number of ether oxygens (including phenoxy) is 2. The molecule has 2 aromatic carbocycles. The second kappa shape index (κ2) is 11.3. The first-order chi connectivity index (χ1) is 15.5. The first-order valence-electron chi connectivity index (χ1n) is 11.1. The fourth-order valence-electron chi connectivity index (χ4n) is 3.61. The summed E-state index contributed by atoms with van der Waals surface area (Å²) in [6, 6.07) is 13.9. The van der Waals surface area contributed by atoms with Gasteiger partial charge in [0.25, 0.3) is 0 Å². The molecule has 0 atom stereocenters. The van der Waals surface area contributed by atoms with Crippen LogP contribution in [-0.2, 0) is 4.79 Å². The molecular weight excluding hydrogens is 406 g/mol. The van der Waals surface area contributed by atoms with Gasteiger partial charge >= 0.3 is 5.97 Å². The van der Waals surface area contributed by atoms with Crippen LogP contribution in [0.25, 0.3) is 10.9 Å². The summed E-state index contributed by atoms with van der Waals surface area (Å²) < 4.78 is 11.4. The molecule has 32 heavy (non-hydrogen) atoms. The number of rotatable bonds is 12. The van der Waals surface area contributed by atoms with Crippen LogP contribution in [-0.4, -0.2) is 41.3 Å². The van der Waals surface area contributed by atoms with Gasteiger partial charge in [0.1, 0.15) is 11.6 Å². The quantitative estimate of drug-likeness (QED) is 0.374. The van der Waals surface area contributed by atoms with Gasteiger partial charge in [-0.2, -0.15) is 0 Å². The third kappa shape index (κ3) is 5.87. The average molecular weight is 438 g/mol. The number of para-hydroxylation sites is 1. The maximum Gasteiger partial charge on any atom is 0.303 e. The molecule has 170 valence electrons. The molecule has 0 aliphatic carbocycles. The Morgan fingerprint density at radius 2 is 1.88 bits per heavy atom. The number of unbranched alkanes of at least 4 members (excludes halogenated alkanes) is 2. The fraction of sp³-hybridized carbons (Fsp3) is 0.400. The first-order valence-corrected chi connectivity index (χ1v) is 11.1. The summed E-state index contributed by atoms with van der Waals surface area (Å²) in [7, 11) is 1.60. The van der Waals surface area contributed by atoms with E-state index in [4.69, 9.17) is 19.6 Å². The van der Waals surface area contributed by atoms with E-state index in [2.05, 4.69) is 16.8 Å². The van der Waals surface area contributed by atoms with Crippen LogP contribution in [0.15, 0.2) is 42.5 Å². The van der Waals surface area contributed by atoms with Crippen molar-refractivity contribution in [3.05, 3.63) is 48.3 Å². The molecule has 0 spiro atoms. The standard InChI is InChI=1S/C25H31N3O4/c1-4-5-8-15-28(25-20-10-6-7-11-21(20)26-18(2)27-25)19-13-14-22(31-3)23(17-19)32-16-9-12-24(29)30/h6-7,10-11,13-14,17H,4-5,8-9,12,15-16H2,1-3H3,(H,29,30). The lowest BCUT2D eigenvalue weighted by molar-refractivity contribution is -0.137. The number of nitrogens with zero attached hydrogens (tertiary/aromatic N) is 3. The predicted molar refractivity (Wildman–Crippen MR) is 126 cm³/mol. The van der Waals surface area contributed by atoms with Crippen LogP contribution >= 0.6 is 0 Å². The number of hydrogen-bond donors (Lipinski definition) is 1. The average Bonchev–Trinajstić information content (AvgIpc) is 2.79. The van der Waals surface area contributed by atoms with Crippen molar-refractivity contribution in [3.63, 3.8) is 0 Å². The Hall–Kier alpha value is -3.35. The third-order valence-corrected chi connectivity index (χ3v) is 5.19. The van der Waals surface area contributed by atoms with E-state index in [0.717, 1.165) is 54.0 Å². The van der Waals surface area contributed by atoms with Gasteiger partial charge in [-0.05, 0) is 44.0 Å². The van der Waals surface area contributed by atoms with Gasteiger partial charge in [-0.3, -0.25) is 4.79 Å². The maximum absolute atomic E-state index is 10.8. The highest BCUT2D eigenvalue weighted by Crippen LogP contribution is 2.36. The summed E-state index contributed by atoms with van der Waals surface area (Å²) in [4.78, 5) is 22.4. The Balaban J connectivity index is 1.99. The molecule has 0 fully saturated rings. The van der Waals surface area contributed by atoms with Crippen molar-refractivity contribution in [2.45, 2.75) is 46.0 Å². The van der Waals surface area contributed by atoms with Crippen molar-refractivity contribution >= 4 is 28.4 Å². The zero-order chi connectivity index (χ0) is 22.9. The number of aliphatic carboxylic acids is 1. The van der Waals surface area contributed by atoms with Crippen molar-refractivity contribution in [3.8, 4) is 11.5 Å². The van der Waals surface area contributed by atoms with E-state index in [9.17, 15) is 4.79 Å². The van der Waals surface area contributed by atoms with E-state index in [1.54, 1.807) is 7.11 Å². The molecule has 0 radical (unpaired) electrons. The molecule has 3 aromatic rings. The van der Waals surface area contributed by atoms with Crippen LogP contribution in [0.2, 0.25) is 0 Å². The normalized spacial score (nSPS) is 10.8. The lowest BCUT2D eigenvalue weighted by atomic mass is 10.1. The molecule has 1 aromatic heterocycles. The summed E-state index contributed by atoms with van der Waals surface area (Å²) in [6.07, 6.45) is 3.76. The molecule has 1 heterocycles. The Morgan fingerprint density at radius 3 is 2.62 bits per heavy atom. The Bertz CT molecular complexity index is 1050. The molecule has 0 saturated carbocycles. The van der Waals surface area contributed by atoms with Crippen LogP contribution in [0.3, 0.4) is 0 Å². The lowest BCUT2D eigenvalue weighted by Gasteiger charge is -2.26. The molecule has 7 nitrogen and oxygen atoms in total. The number of anilines is 2. The predicted octanol–water partition coefficient (Wildman–Crippen LogP) is 5.52. The molecule has 0 aliphatic heterocycles. The molecule has 7 heteroatoms. The van der Waals surface area contributed by atoms with Crippen LogP contribution in [0, 0.1) is 6.92 Å².